The van der Waals surface area contributed by atoms with Crippen LogP contribution in [0.3, 0.4) is 0 Å². The molecule has 0 spiro atoms. The van der Waals surface area contributed by atoms with Gasteiger partial charge in [0.2, 0.25) is 6.41 Å². The van der Waals surface area contributed by atoms with E-state index in [1.165, 1.54) is 35.3 Å². The van der Waals surface area contributed by atoms with Gasteiger partial charge in [-0.3, -0.25) is 9.59 Å². The zero-order valence-corrected chi connectivity index (χ0v) is 18.4. The maximum Gasteiger partial charge on any atom is 0.282 e. The van der Waals surface area contributed by atoms with Crippen LogP contribution in [0.5, 0.6) is 5.75 Å². The molecule has 3 aromatic rings. The molecule has 2 N–H and O–H groups in total. The Labute approximate surface area is 180 Å². The van der Waals surface area contributed by atoms with Crippen LogP contribution in [0.15, 0.2) is 34.4 Å². The highest BCUT2D eigenvalue weighted by Gasteiger charge is 2.15. The summed E-state index contributed by atoms with van der Waals surface area (Å²) in [5.74, 6) is 1.60. The highest BCUT2D eigenvalue weighted by atomic mass is 32.1. The van der Waals surface area contributed by atoms with Gasteiger partial charge in [-0.25, -0.2) is 0 Å². The molecule has 8 heteroatoms. The summed E-state index contributed by atoms with van der Waals surface area (Å²) in [7, 11) is 1.60. The number of benzene rings is 1. The van der Waals surface area contributed by atoms with Crippen LogP contribution in [-0.2, 0) is 4.79 Å². The zero-order valence-electron chi connectivity index (χ0n) is 17.6. The molecule has 0 saturated carbocycles. The van der Waals surface area contributed by atoms with E-state index < -0.39 is 0 Å². The van der Waals surface area contributed by atoms with Gasteiger partial charge in [0.25, 0.3) is 5.56 Å². The van der Waals surface area contributed by atoms with Crippen LogP contribution < -0.4 is 16.0 Å². The van der Waals surface area contributed by atoms with Crippen molar-refractivity contribution >= 4 is 33.5 Å². The highest BCUT2D eigenvalue weighted by Crippen LogP contribution is 2.27. The van der Waals surface area contributed by atoms with Crippen molar-refractivity contribution in [3.63, 3.8) is 0 Å². The number of methoxy groups -OCH3 is 1. The van der Waals surface area contributed by atoms with E-state index in [0.717, 1.165) is 42.2 Å². The number of carbonyl (C=O) groups is 1. The SMILES string of the molecule is CCC1CCN(C=O)CC1.COc1ccc(-n2nc(C)c3csc(N)c3c2=O)cc1. The third-order valence-corrected chi connectivity index (χ3v) is 6.37. The molecule has 1 aliphatic rings. The number of nitrogen functional groups attached to an aromatic ring is 1. The molecule has 0 bridgehead atoms. The van der Waals surface area contributed by atoms with Crippen molar-refractivity contribution < 1.29 is 9.53 Å². The third kappa shape index (κ3) is 4.64. The Bertz CT molecular complexity index is 1050. The molecule has 0 unspecified atom stereocenters. The smallest absolute Gasteiger partial charge is 0.282 e. The van der Waals surface area contributed by atoms with E-state index in [1.807, 2.05) is 17.2 Å². The molecule has 1 fully saturated rings. The Morgan fingerprint density at radius 3 is 2.50 bits per heavy atom. The Kier molecular flexibility index (Phi) is 7.10. The minimum atomic E-state index is -0.200. The van der Waals surface area contributed by atoms with E-state index in [9.17, 15) is 9.59 Å². The molecule has 1 aromatic carbocycles. The van der Waals surface area contributed by atoms with Gasteiger partial charge in [0.05, 0.1) is 28.9 Å². The van der Waals surface area contributed by atoms with Gasteiger partial charge in [-0.15, -0.1) is 11.3 Å². The van der Waals surface area contributed by atoms with Gasteiger partial charge in [-0.2, -0.15) is 9.78 Å². The quantitative estimate of drug-likeness (QED) is 0.641. The fourth-order valence-corrected chi connectivity index (χ4v) is 4.43. The molecule has 30 heavy (non-hydrogen) atoms. The monoisotopic (exact) mass is 428 g/mol. The molecule has 7 nitrogen and oxygen atoms in total. The van der Waals surface area contributed by atoms with E-state index in [1.54, 1.807) is 31.4 Å². The molecule has 4 rings (SSSR count). The third-order valence-electron chi connectivity index (χ3n) is 5.56. The first-order valence-electron chi connectivity index (χ1n) is 10.1. The number of nitrogens with zero attached hydrogens (tertiary/aromatic N) is 3. The topological polar surface area (TPSA) is 90.4 Å². The van der Waals surface area contributed by atoms with Crippen molar-refractivity contribution in [2.24, 2.45) is 5.92 Å². The summed E-state index contributed by atoms with van der Waals surface area (Å²) in [4.78, 5) is 24.7. The molecule has 0 atom stereocenters. The molecule has 1 amide bonds. The van der Waals surface area contributed by atoms with Gasteiger partial charge >= 0.3 is 0 Å². The molecule has 0 radical (unpaired) electrons. The van der Waals surface area contributed by atoms with Crippen molar-refractivity contribution in [1.82, 2.24) is 14.7 Å². The number of aromatic nitrogens is 2. The fourth-order valence-electron chi connectivity index (χ4n) is 3.58. The Morgan fingerprint density at radius 1 is 1.27 bits per heavy atom. The fraction of sp³-hybridized carbons (Fsp3) is 0.409. The number of nitrogens with two attached hydrogens (primary N) is 1. The summed E-state index contributed by atoms with van der Waals surface area (Å²) in [6.07, 6.45) is 4.64. The summed E-state index contributed by atoms with van der Waals surface area (Å²) in [5.41, 5.74) is 7.16. The van der Waals surface area contributed by atoms with Gasteiger partial charge in [-0.1, -0.05) is 13.3 Å². The van der Waals surface area contributed by atoms with Gasteiger partial charge in [0.1, 0.15) is 5.75 Å². The summed E-state index contributed by atoms with van der Waals surface area (Å²) >= 11 is 1.36. The number of anilines is 1. The second kappa shape index (κ2) is 9.75. The minimum absolute atomic E-state index is 0.200. The normalized spacial score (nSPS) is 14.3. The molecule has 1 aliphatic heterocycles. The maximum absolute atomic E-state index is 12.5. The van der Waals surface area contributed by atoms with Crippen LogP contribution in [0.1, 0.15) is 31.9 Å². The molecular weight excluding hydrogens is 400 g/mol. The van der Waals surface area contributed by atoms with Crippen LogP contribution in [-0.4, -0.2) is 41.3 Å². The standard InChI is InChI=1S/C14H13N3O2S.C8H15NO/c1-8-11-7-20-13(15)12(11)14(18)17(16-8)9-3-5-10(19-2)6-4-9;1-2-8-3-5-9(7-10)6-4-8/h3-7H,15H2,1-2H3;7-8H,2-6H2,1H3. The molecule has 2 aromatic heterocycles. The number of hydrogen-bond acceptors (Lipinski definition) is 6. The Morgan fingerprint density at radius 2 is 1.93 bits per heavy atom. The van der Waals surface area contributed by atoms with Crippen LogP contribution in [0.4, 0.5) is 5.00 Å². The number of piperidine rings is 1. The lowest BCUT2D eigenvalue weighted by Crippen LogP contribution is -2.32. The molecule has 1 saturated heterocycles. The van der Waals surface area contributed by atoms with E-state index in [4.69, 9.17) is 10.5 Å². The summed E-state index contributed by atoms with van der Waals surface area (Å²) in [6.45, 7) is 6.04. The number of thiophene rings is 1. The van der Waals surface area contributed by atoms with Gasteiger partial charge in [0.15, 0.2) is 0 Å². The number of likely N-dealkylation sites (tertiary alicyclic amines) is 1. The summed E-state index contributed by atoms with van der Waals surface area (Å²) in [5, 5.41) is 8.11. The predicted molar refractivity (Wildman–Crippen MR) is 122 cm³/mol. The van der Waals surface area contributed by atoms with Crippen molar-refractivity contribution in [3.8, 4) is 11.4 Å². The number of ether oxygens (including phenoxy) is 1. The molecular formula is C22H28N4O3S. The first-order valence-corrected chi connectivity index (χ1v) is 11.0. The van der Waals surface area contributed by atoms with Crippen LogP contribution in [0.25, 0.3) is 16.5 Å². The number of fused-ring (bicyclic) bond motifs is 1. The maximum atomic E-state index is 12.5. The average molecular weight is 429 g/mol. The Hall–Kier alpha value is -2.87. The lowest BCUT2D eigenvalue weighted by molar-refractivity contribution is -0.119. The molecule has 0 aliphatic carbocycles. The first-order chi connectivity index (χ1) is 14.5. The summed E-state index contributed by atoms with van der Waals surface area (Å²) < 4.78 is 6.49. The van der Waals surface area contributed by atoms with Gasteiger partial charge in [0, 0.05) is 23.9 Å². The lowest BCUT2D eigenvalue weighted by atomic mass is 9.95. The second-order valence-corrected chi connectivity index (χ2v) is 8.29. The summed E-state index contributed by atoms with van der Waals surface area (Å²) in [6, 6.07) is 7.17. The predicted octanol–water partition coefficient (Wildman–Crippen LogP) is 3.61. The number of aryl methyl sites for hydroxylation is 1. The van der Waals surface area contributed by atoms with Crippen LogP contribution in [0.2, 0.25) is 0 Å². The number of amides is 1. The minimum Gasteiger partial charge on any atom is -0.497 e. The van der Waals surface area contributed by atoms with E-state index in [2.05, 4.69) is 12.0 Å². The highest BCUT2D eigenvalue weighted by molar-refractivity contribution is 7.15. The van der Waals surface area contributed by atoms with Gasteiger partial charge < -0.3 is 15.4 Å². The zero-order chi connectivity index (χ0) is 21.7. The number of carbonyl (C=O) groups excluding carboxylic acids is 1. The van der Waals surface area contributed by atoms with Crippen molar-refractivity contribution in [3.05, 3.63) is 45.7 Å². The van der Waals surface area contributed by atoms with E-state index in [0.29, 0.717) is 16.1 Å². The first kappa shape index (κ1) is 21.8. The number of rotatable bonds is 4. The molecule has 160 valence electrons. The van der Waals surface area contributed by atoms with Crippen LogP contribution >= 0.6 is 11.3 Å². The van der Waals surface area contributed by atoms with E-state index in [-0.39, 0.29) is 5.56 Å². The average Bonchev–Trinajstić information content (AvgIpc) is 3.19. The number of hydrogen-bond donors (Lipinski definition) is 1. The van der Waals surface area contributed by atoms with Gasteiger partial charge in [-0.05, 0) is 49.9 Å². The van der Waals surface area contributed by atoms with Crippen LogP contribution in [0, 0.1) is 12.8 Å². The largest absolute Gasteiger partial charge is 0.497 e. The second-order valence-electron chi connectivity index (χ2n) is 7.38. The van der Waals surface area contributed by atoms with Crippen molar-refractivity contribution in [2.45, 2.75) is 33.1 Å². The van der Waals surface area contributed by atoms with E-state index >= 15 is 0 Å². The van der Waals surface area contributed by atoms with Crippen molar-refractivity contribution in [2.75, 3.05) is 25.9 Å². The van der Waals surface area contributed by atoms with Crippen molar-refractivity contribution in [1.29, 1.82) is 0 Å². The Balaban J connectivity index is 0.000000216. The lowest BCUT2D eigenvalue weighted by Gasteiger charge is -2.28. The molecule has 3 heterocycles.